The van der Waals surface area contributed by atoms with Crippen LogP contribution < -0.4 is 16.4 Å². The van der Waals surface area contributed by atoms with E-state index in [4.69, 9.17) is 15.0 Å². The number of hydrogen-bond donors (Lipinski definition) is 0. The predicted octanol–water partition coefficient (Wildman–Crippen LogP) is 16.8. The Balaban J connectivity index is 0.806. The van der Waals surface area contributed by atoms with Crippen molar-refractivity contribution in [2.24, 2.45) is 0 Å². The van der Waals surface area contributed by atoms with Gasteiger partial charge in [0, 0.05) is 70.9 Å². The van der Waals surface area contributed by atoms with Gasteiger partial charge in [0.2, 0.25) is 6.71 Å². The van der Waals surface area contributed by atoms with Crippen LogP contribution in [-0.2, 0) is 38.5 Å². The third kappa shape index (κ3) is 12.3. The van der Waals surface area contributed by atoms with Gasteiger partial charge in [-0.05, 0) is 190 Å². The largest absolute Gasteiger partial charge is 0.300 e. The van der Waals surface area contributed by atoms with Crippen LogP contribution in [0.3, 0.4) is 0 Å². The number of nitrogens with zero attached hydrogens (tertiary/aromatic N) is 6. The maximum atomic E-state index is 4.81. The van der Waals surface area contributed by atoms with Crippen LogP contribution in [0.1, 0.15) is 100 Å². The fraction of sp³-hybridized carbons (Fsp3) is 0.222. The molecule has 3 aromatic heterocycles. The zero-order valence-electron chi connectivity index (χ0n) is 53.6. The van der Waals surface area contributed by atoms with E-state index in [0.29, 0.717) is 0 Å². The molecule has 88 heavy (non-hydrogen) atoms. The van der Waals surface area contributed by atoms with Gasteiger partial charge in [0.15, 0.2) is 0 Å². The number of hydrogen-bond acceptors (Lipinski definition) is 3. The second kappa shape index (κ2) is 25.2. The third-order valence-corrected chi connectivity index (χ3v) is 18.3. The van der Waals surface area contributed by atoms with Gasteiger partial charge in [-0.2, -0.15) is 0 Å². The molecular weight excluding hydrogens is 1070 g/mol. The molecule has 438 valence electrons. The molecule has 0 N–H and O–H groups in total. The van der Waals surface area contributed by atoms with E-state index in [9.17, 15) is 0 Å². The van der Waals surface area contributed by atoms with Crippen LogP contribution in [0.25, 0.3) is 51.2 Å². The van der Waals surface area contributed by atoms with E-state index in [1.54, 1.807) is 0 Å². The number of aromatic nitrogens is 6. The molecular formula is C81H81BN6. The molecule has 7 heteroatoms. The highest BCUT2D eigenvalue weighted by Gasteiger charge is 2.31. The van der Waals surface area contributed by atoms with Crippen molar-refractivity contribution >= 4 is 23.1 Å². The molecule has 0 aliphatic carbocycles. The first-order chi connectivity index (χ1) is 42.5. The Kier molecular flexibility index (Phi) is 16.9. The van der Waals surface area contributed by atoms with Crippen molar-refractivity contribution in [3.05, 3.63) is 301 Å². The first-order valence-electron chi connectivity index (χ1n) is 31.4. The summed E-state index contributed by atoms with van der Waals surface area (Å²) in [6.07, 6.45) is 17.7. The molecule has 0 radical (unpaired) electrons. The van der Waals surface area contributed by atoms with Crippen molar-refractivity contribution in [1.29, 1.82) is 0 Å². The van der Waals surface area contributed by atoms with Gasteiger partial charge in [0.05, 0.1) is 0 Å². The van der Waals surface area contributed by atoms with Gasteiger partial charge in [-0.3, -0.25) is 13.7 Å². The molecule has 0 amide bonds. The normalized spacial score (nSPS) is 11.5. The SMILES string of the molecule is Cc1ccc(-n2ccnc2-c2ccc(CCc3cc(C)c(B(c4c(C)cc(CCc5ccc(-c6nccn6-c6ccc(C)cc6C)cc5)cc4C)c4c(C)cc(CCc5ccc(-c6nccn6-c6ccc(C)cc6C)cc5)cc4C)c(C)c3)cc2)c(C)c1. The highest BCUT2D eigenvalue weighted by molar-refractivity contribution is 6.97. The Bertz CT molecular complexity index is 3980. The Hall–Kier alpha value is -9.33. The minimum atomic E-state index is 0.0635. The highest BCUT2D eigenvalue weighted by atomic mass is 15.1. The molecule has 0 spiro atoms. The minimum Gasteiger partial charge on any atom is -0.300 e. The van der Waals surface area contributed by atoms with Crippen molar-refractivity contribution in [3.63, 3.8) is 0 Å². The second-order valence-corrected chi connectivity index (χ2v) is 25.2. The summed E-state index contributed by atoms with van der Waals surface area (Å²) < 4.78 is 6.62. The van der Waals surface area contributed by atoms with E-state index in [1.807, 2.05) is 18.6 Å². The average molecular weight is 1150 g/mol. The standard InChI is InChI=1S/C81H81BN6/c1-52-13-34-73(55(4)43-52)86-40-37-83-79(86)70-28-22-64(23-29-70)16-19-67-46-58(7)76(59(8)47-67)82(77-60(9)48-68(49-61(77)10)20-17-65-24-30-71(31-25-65)80-84-38-41-87(80)74-35-14-53(2)44-56(74)5)78-62(11)50-69(51-63(78)12)21-18-66-26-32-72(33-27-66)81-85-39-42-88(81)75-36-15-54(3)45-57(75)6/h13-15,22-51H,16-21H2,1-12H3. The van der Waals surface area contributed by atoms with Crippen LogP contribution >= 0.6 is 0 Å². The van der Waals surface area contributed by atoms with Crippen LogP contribution in [0.2, 0.25) is 0 Å². The summed E-state index contributed by atoms with van der Waals surface area (Å²) in [6.45, 7) is 27.1. The fourth-order valence-electron chi connectivity index (χ4n) is 14.1. The van der Waals surface area contributed by atoms with Crippen LogP contribution in [0.4, 0.5) is 0 Å². The minimum absolute atomic E-state index is 0.0635. The van der Waals surface area contributed by atoms with E-state index in [1.165, 1.54) is 117 Å². The van der Waals surface area contributed by atoms with E-state index < -0.39 is 0 Å². The Morgan fingerprint density at radius 1 is 0.261 bits per heavy atom. The summed E-state index contributed by atoms with van der Waals surface area (Å²) in [5.74, 6) is 2.88. The molecule has 9 aromatic carbocycles. The number of aryl methyl sites for hydroxylation is 18. The third-order valence-electron chi connectivity index (χ3n) is 18.3. The summed E-state index contributed by atoms with van der Waals surface area (Å²) in [6, 6.07) is 61.8. The Morgan fingerprint density at radius 2 is 0.500 bits per heavy atom. The van der Waals surface area contributed by atoms with Gasteiger partial charge in [-0.15, -0.1) is 0 Å². The Morgan fingerprint density at radius 3 is 0.739 bits per heavy atom. The van der Waals surface area contributed by atoms with E-state index in [0.717, 1.165) is 89.8 Å². The lowest BCUT2D eigenvalue weighted by Crippen LogP contribution is -2.57. The van der Waals surface area contributed by atoms with Crippen LogP contribution in [-0.4, -0.2) is 35.4 Å². The second-order valence-electron chi connectivity index (χ2n) is 25.2. The molecule has 0 bridgehead atoms. The number of benzene rings is 9. The topological polar surface area (TPSA) is 53.5 Å². The molecule has 0 atom stereocenters. The lowest BCUT2D eigenvalue weighted by molar-refractivity contribution is 0.955. The van der Waals surface area contributed by atoms with Gasteiger partial charge in [0.25, 0.3) is 0 Å². The van der Waals surface area contributed by atoms with E-state index in [-0.39, 0.29) is 6.71 Å². The molecule has 0 saturated carbocycles. The fourth-order valence-corrected chi connectivity index (χ4v) is 14.1. The maximum Gasteiger partial charge on any atom is 0.243 e. The number of imidazole rings is 3. The average Bonchev–Trinajstić information content (AvgIpc) is 1.41. The van der Waals surface area contributed by atoms with Gasteiger partial charge in [0.1, 0.15) is 17.5 Å². The van der Waals surface area contributed by atoms with Crippen LogP contribution in [0.5, 0.6) is 0 Å². The molecule has 0 fully saturated rings. The molecule has 0 unspecified atom stereocenters. The summed E-state index contributed by atoms with van der Waals surface area (Å²) in [7, 11) is 0. The molecule has 6 nitrogen and oxygen atoms in total. The molecule has 0 saturated heterocycles. The van der Waals surface area contributed by atoms with Gasteiger partial charge in [-0.25, -0.2) is 15.0 Å². The smallest absolute Gasteiger partial charge is 0.243 e. The summed E-state index contributed by atoms with van der Waals surface area (Å²) in [5.41, 5.74) is 34.8. The van der Waals surface area contributed by atoms with E-state index in [2.05, 4.69) is 279 Å². The molecule has 0 aliphatic rings. The van der Waals surface area contributed by atoms with Crippen molar-refractivity contribution < 1.29 is 0 Å². The van der Waals surface area contributed by atoms with Crippen molar-refractivity contribution in [2.45, 2.75) is 122 Å². The monoisotopic (exact) mass is 1150 g/mol. The van der Waals surface area contributed by atoms with Gasteiger partial charge in [-0.1, -0.05) is 212 Å². The summed E-state index contributed by atoms with van der Waals surface area (Å²) in [5, 5.41) is 0. The molecule has 12 aromatic rings. The summed E-state index contributed by atoms with van der Waals surface area (Å²) in [4.78, 5) is 14.4. The van der Waals surface area contributed by atoms with Crippen LogP contribution in [0.15, 0.2) is 201 Å². The van der Waals surface area contributed by atoms with Gasteiger partial charge >= 0.3 is 0 Å². The molecule has 12 rings (SSSR count). The van der Waals surface area contributed by atoms with Crippen molar-refractivity contribution in [1.82, 2.24) is 28.7 Å². The molecule has 3 heterocycles. The zero-order chi connectivity index (χ0) is 61.3. The van der Waals surface area contributed by atoms with E-state index >= 15 is 0 Å². The summed E-state index contributed by atoms with van der Waals surface area (Å²) >= 11 is 0. The highest BCUT2D eigenvalue weighted by Crippen LogP contribution is 2.30. The lowest BCUT2D eigenvalue weighted by atomic mass is 9.33. The number of rotatable bonds is 18. The molecule has 0 aliphatic heterocycles. The van der Waals surface area contributed by atoms with Crippen LogP contribution in [0, 0.1) is 83.1 Å². The first kappa shape index (κ1) is 59.0. The predicted molar refractivity (Wildman–Crippen MR) is 370 cm³/mol. The zero-order valence-corrected chi connectivity index (χ0v) is 53.6. The maximum absolute atomic E-state index is 4.81. The lowest BCUT2D eigenvalue weighted by Gasteiger charge is -2.28. The van der Waals surface area contributed by atoms with Crippen molar-refractivity contribution in [3.8, 4) is 51.2 Å². The Labute approximate surface area is 522 Å². The quantitative estimate of drug-likeness (QED) is 0.0805. The van der Waals surface area contributed by atoms with Crippen molar-refractivity contribution in [2.75, 3.05) is 0 Å². The first-order valence-corrected chi connectivity index (χ1v) is 31.4. The van der Waals surface area contributed by atoms with Gasteiger partial charge < -0.3 is 0 Å².